The third-order valence-electron chi connectivity index (χ3n) is 4.72. The van der Waals surface area contributed by atoms with E-state index in [0.717, 1.165) is 12.0 Å². The van der Waals surface area contributed by atoms with Crippen molar-refractivity contribution in [1.29, 1.82) is 5.41 Å². The molecule has 0 heterocycles. The Morgan fingerprint density at radius 1 is 1.00 bits per heavy atom. The molecular weight excluding hydrogens is 428 g/mol. The smallest absolute Gasteiger partial charge is 0.410 e. The fourth-order valence-electron chi connectivity index (χ4n) is 3.18. The molecule has 0 aliphatic carbocycles. The lowest BCUT2D eigenvalue weighted by molar-refractivity contribution is 0.200. The second kappa shape index (κ2) is 10.1. The quantitative estimate of drug-likeness (QED) is 0.235. The molecule has 0 saturated carbocycles. The van der Waals surface area contributed by atoms with Gasteiger partial charge in [0.25, 0.3) is 0 Å². The Balaban J connectivity index is 1.52. The minimum Gasteiger partial charge on any atom is -0.410 e. The predicted octanol–water partition coefficient (Wildman–Crippen LogP) is 3.01. The SMILES string of the molecule is N=C(N)c1cccc(CCCNC(=O)Oc2ccc(-c3ccccc3S(N)(=O)=O)cc2)c1. The summed E-state index contributed by atoms with van der Waals surface area (Å²) in [6.45, 7) is 0.420. The van der Waals surface area contributed by atoms with Gasteiger partial charge < -0.3 is 15.8 Å². The number of primary sulfonamides is 1. The van der Waals surface area contributed by atoms with Crippen LogP contribution in [0.5, 0.6) is 5.75 Å². The van der Waals surface area contributed by atoms with Gasteiger partial charge in [-0.05, 0) is 48.2 Å². The molecule has 0 spiro atoms. The van der Waals surface area contributed by atoms with E-state index < -0.39 is 16.1 Å². The zero-order valence-corrected chi connectivity index (χ0v) is 18.1. The van der Waals surface area contributed by atoms with Crippen molar-refractivity contribution in [3.8, 4) is 16.9 Å². The molecule has 0 radical (unpaired) electrons. The van der Waals surface area contributed by atoms with Gasteiger partial charge in [0.1, 0.15) is 11.6 Å². The molecule has 9 heteroatoms. The van der Waals surface area contributed by atoms with E-state index in [2.05, 4.69) is 5.32 Å². The van der Waals surface area contributed by atoms with E-state index in [1.165, 1.54) is 6.07 Å². The molecule has 1 amide bonds. The third-order valence-corrected chi connectivity index (χ3v) is 5.69. The molecule has 0 aliphatic rings. The number of ether oxygens (including phenoxy) is 1. The first-order valence-corrected chi connectivity index (χ1v) is 11.4. The van der Waals surface area contributed by atoms with Crippen molar-refractivity contribution >= 4 is 22.0 Å². The number of nitrogens with two attached hydrogens (primary N) is 2. The second-order valence-corrected chi connectivity index (χ2v) is 8.63. The summed E-state index contributed by atoms with van der Waals surface area (Å²) < 4.78 is 28.8. The van der Waals surface area contributed by atoms with Gasteiger partial charge in [-0.1, -0.05) is 48.5 Å². The van der Waals surface area contributed by atoms with Crippen LogP contribution in [-0.4, -0.2) is 26.9 Å². The lowest BCUT2D eigenvalue weighted by atomic mass is 10.1. The monoisotopic (exact) mass is 452 g/mol. The fourth-order valence-corrected chi connectivity index (χ4v) is 3.94. The summed E-state index contributed by atoms with van der Waals surface area (Å²) >= 11 is 0. The number of carbonyl (C=O) groups is 1. The average Bonchev–Trinajstić information content (AvgIpc) is 2.77. The van der Waals surface area contributed by atoms with Crippen molar-refractivity contribution in [3.05, 3.63) is 83.9 Å². The van der Waals surface area contributed by atoms with Gasteiger partial charge >= 0.3 is 6.09 Å². The maximum Gasteiger partial charge on any atom is 0.412 e. The number of benzene rings is 3. The largest absolute Gasteiger partial charge is 0.412 e. The van der Waals surface area contributed by atoms with Crippen LogP contribution < -0.4 is 20.9 Å². The number of amidine groups is 1. The van der Waals surface area contributed by atoms with Crippen molar-refractivity contribution < 1.29 is 17.9 Å². The highest BCUT2D eigenvalue weighted by molar-refractivity contribution is 7.89. The second-order valence-electron chi connectivity index (χ2n) is 7.10. The molecule has 0 aliphatic heterocycles. The Bertz CT molecular complexity index is 1220. The lowest BCUT2D eigenvalue weighted by Gasteiger charge is -2.10. The van der Waals surface area contributed by atoms with E-state index >= 15 is 0 Å². The summed E-state index contributed by atoms with van der Waals surface area (Å²) in [5.41, 5.74) is 8.31. The first-order valence-electron chi connectivity index (χ1n) is 9.85. The summed E-state index contributed by atoms with van der Waals surface area (Å²) in [6.07, 6.45) is 0.833. The van der Waals surface area contributed by atoms with E-state index in [0.29, 0.717) is 35.4 Å². The molecule has 0 bridgehead atoms. The van der Waals surface area contributed by atoms with Crippen molar-refractivity contribution in [2.75, 3.05) is 6.54 Å². The van der Waals surface area contributed by atoms with Gasteiger partial charge in [0.15, 0.2) is 0 Å². The molecule has 3 rings (SSSR count). The van der Waals surface area contributed by atoms with Gasteiger partial charge in [-0.25, -0.2) is 18.4 Å². The number of amides is 1. The van der Waals surface area contributed by atoms with Crippen molar-refractivity contribution in [2.24, 2.45) is 10.9 Å². The molecule has 0 unspecified atom stereocenters. The first-order chi connectivity index (χ1) is 15.2. The van der Waals surface area contributed by atoms with Gasteiger partial charge in [0, 0.05) is 17.7 Å². The van der Waals surface area contributed by atoms with Crippen LogP contribution in [0.4, 0.5) is 4.79 Å². The van der Waals surface area contributed by atoms with Crippen LogP contribution >= 0.6 is 0 Å². The highest BCUT2D eigenvalue weighted by Gasteiger charge is 2.14. The molecule has 8 nitrogen and oxygen atoms in total. The number of rotatable bonds is 8. The number of hydrogen-bond donors (Lipinski definition) is 4. The van der Waals surface area contributed by atoms with Crippen LogP contribution in [0, 0.1) is 5.41 Å². The Kier molecular flexibility index (Phi) is 7.24. The normalized spacial score (nSPS) is 11.0. The van der Waals surface area contributed by atoms with Crippen LogP contribution in [0.25, 0.3) is 11.1 Å². The van der Waals surface area contributed by atoms with Crippen LogP contribution in [0.1, 0.15) is 17.5 Å². The third kappa shape index (κ3) is 6.16. The molecule has 32 heavy (non-hydrogen) atoms. The van der Waals surface area contributed by atoms with Crippen LogP contribution in [0.15, 0.2) is 77.7 Å². The number of aryl methyl sites for hydroxylation is 1. The maximum absolute atomic E-state index is 12.0. The first kappa shape index (κ1) is 23.0. The van der Waals surface area contributed by atoms with E-state index in [1.807, 2.05) is 18.2 Å². The standard InChI is InChI=1S/C23H24N4O4S/c24-22(25)18-7-3-5-16(15-18)6-4-14-27-23(28)31-19-12-10-17(11-13-19)20-8-1-2-9-21(20)32(26,29)30/h1-3,5,7-13,15H,4,6,14H2,(H3,24,25)(H,27,28)(H2,26,29,30). The zero-order chi connectivity index (χ0) is 23.1. The molecule has 166 valence electrons. The van der Waals surface area contributed by atoms with Gasteiger partial charge in [0.05, 0.1) is 4.90 Å². The summed E-state index contributed by atoms with van der Waals surface area (Å²) in [5, 5.41) is 15.5. The van der Waals surface area contributed by atoms with Crippen LogP contribution in [0.3, 0.4) is 0 Å². The van der Waals surface area contributed by atoms with Crippen molar-refractivity contribution in [3.63, 3.8) is 0 Å². The van der Waals surface area contributed by atoms with E-state index in [1.54, 1.807) is 48.5 Å². The summed E-state index contributed by atoms with van der Waals surface area (Å²) in [6, 6.07) is 20.3. The Morgan fingerprint density at radius 2 is 1.72 bits per heavy atom. The van der Waals surface area contributed by atoms with Crippen molar-refractivity contribution in [1.82, 2.24) is 5.32 Å². The molecule has 6 N–H and O–H groups in total. The number of carbonyl (C=O) groups excluding carboxylic acids is 1. The minimum atomic E-state index is -3.86. The van der Waals surface area contributed by atoms with Crippen LogP contribution in [-0.2, 0) is 16.4 Å². The molecule has 0 aromatic heterocycles. The topological polar surface area (TPSA) is 148 Å². The Hall–Kier alpha value is -3.69. The average molecular weight is 453 g/mol. The molecule has 0 saturated heterocycles. The summed E-state index contributed by atoms with van der Waals surface area (Å²) in [5.74, 6) is 0.348. The molecule has 3 aromatic carbocycles. The highest BCUT2D eigenvalue weighted by atomic mass is 32.2. The van der Waals surface area contributed by atoms with Gasteiger partial charge in [-0.2, -0.15) is 0 Å². The summed E-state index contributed by atoms with van der Waals surface area (Å²) in [7, 11) is -3.86. The Morgan fingerprint density at radius 3 is 2.41 bits per heavy atom. The van der Waals surface area contributed by atoms with E-state index in [4.69, 9.17) is 21.0 Å². The van der Waals surface area contributed by atoms with Crippen molar-refractivity contribution in [2.45, 2.75) is 17.7 Å². The Labute approximate surface area is 186 Å². The number of nitrogen functional groups attached to an aromatic ring is 1. The number of hydrogen-bond acceptors (Lipinski definition) is 5. The summed E-state index contributed by atoms with van der Waals surface area (Å²) in [4.78, 5) is 12.1. The van der Waals surface area contributed by atoms with Gasteiger partial charge in [0.2, 0.25) is 10.0 Å². The minimum absolute atomic E-state index is 0.0210. The highest BCUT2D eigenvalue weighted by Crippen LogP contribution is 2.28. The fraction of sp³-hybridized carbons (Fsp3) is 0.130. The number of nitrogens with one attached hydrogen (secondary N) is 2. The maximum atomic E-state index is 12.0. The number of sulfonamides is 1. The van der Waals surface area contributed by atoms with Gasteiger partial charge in [-0.3, -0.25) is 5.41 Å². The van der Waals surface area contributed by atoms with Gasteiger partial charge in [-0.15, -0.1) is 0 Å². The molecule has 0 fully saturated rings. The zero-order valence-electron chi connectivity index (χ0n) is 17.2. The van der Waals surface area contributed by atoms with E-state index in [9.17, 15) is 13.2 Å². The molecular formula is C23H24N4O4S. The lowest BCUT2D eigenvalue weighted by Crippen LogP contribution is -2.28. The van der Waals surface area contributed by atoms with E-state index in [-0.39, 0.29) is 10.7 Å². The molecule has 0 atom stereocenters. The predicted molar refractivity (Wildman–Crippen MR) is 123 cm³/mol. The molecule has 3 aromatic rings. The van der Waals surface area contributed by atoms with Crippen LogP contribution in [0.2, 0.25) is 0 Å².